The molecule has 0 bridgehead atoms. The van der Waals surface area contributed by atoms with E-state index in [1.165, 1.54) is 27.3 Å². The van der Waals surface area contributed by atoms with Gasteiger partial charge in [-0.15, -0.1) is 11.3 Å². The van der Waals surface area contributed by atoms with Gasteiger partial charge in [-0.3, -0.25) is 19.2 Å². The zero-order valence-electron chi connectivity index (χ0n) is 24.6. The highest BCUT2D eigenvalue weighted by atomic mass is 127. The molecule has 0 spiro atoms. The second kappa shape index (κ2) is 17.8. The standard InChI is InChI=1S/C28H37IN4O9S/c1-6-41-27(38)42-28(3,16-29)23(34)19(12-18-10-8-7-9-11-18)31-24(35)20(14-39-4)32-25(36)21(15-40-5)33-26(37)22-13-30-17(2)43-22/h7-11,13,19-21H,6,12,14-16H2,1-5H3,(H,31,35)(H,32,36)(H,33,37)/t19?,20-,21-,28?/m0/s1. The normalized spacial score (nSPS) is 14.4. The molecular formula is C28H37IN4O9S. The second-order valence-corrected chi connectivity index (χ2v) is 11.5. The number of hydrogen-bond donors (Lipinski definition) is 3. The third-order valence-electron chi connectivity index (χ3n) is 6.03. The van der Waals surface area contributed by atoms with Crippen LogP contribution in [-0.4, -0.2) is 96.8 Å². The van der Waals surface area contributed by atoms with E-state index in [1.54, 1.807) is 38.1 Å². The summed E-state index contributed by atoms with van der Waals surface area (Å²) in [7, 11) is 2.71. The first-order chi connectivity index (χ1) is 20.5. The monoisotopic (exact) mass is 732 g/mol. The molecule has 3 N–H and O–H groups in total. The Balaban J connectivity index is 2.27. The van der Waals surface area contributed by atoms with Gasteiger partial charge in [-0.05, 0) is 32.8 Å². The number of methoxy groups -OCH3 is 2. The number of nitrogens with one attached hydrogen (secondary N) is 3. The van der Waals surface area contributed by atoms with Crippen LogP contribution < -0.4 is 16.0 Å². The Bertz CT molecular complexity index is 1250. The highest BCUT2D eigenvalue weighted by Crippen LogP contribution is 2.21. The van der Waals surface area contributed by atoms with Gasteiger partial charge in [-0.1, -0.05) is 52.9 Å². The van der Waals surface area contributed by atoms with Gasteiger partial charge in [0.25, 0.3) is 5.91 Å². The van der Waals surface area contributed by atoms with Gasteiger partial charge in [0.1, 0.15) is 17.0 Å². The summed E-state index contributed by atoms with van der Waals surface area (Å²) in [6, 6.07) is 5.43. The Morgan fingerprint density at radius 3 is 2.05 bits per heavy atom. The van der Waals surface area contributed by atoms with Gasteiger partial charge in [0.15, 0.2) is 11.4 Å². The van der Waals surface area contributed by atoms with Gasteiger partial charge in [0.05, 0.1) is 37.1 Å². The summed E-state index contributed by atoms with van der Waals surface area (Å²) in [5, 5.41) is 8.54. The summed E-state index contributed by atoms with van der Waals surface area (Å²) in [4.78, 5) is 69.7. The van der Waals surface area contributed by atoms with Crippen molar-refractivity contribution in [1.82, 2.24) is 20.9 Å². The van der Waals surface area contributed by atoms with Crippen LogP contribution in [0.5, 0.6) is 0 Å². The highest BCUT2D eigenvalue weighted by Gasteiger charge is 2.42. The Hall–Kier alpha value is -3.15. The van der Waals surface area contributed by atoms with Crippen molar-refractivity contribution in [3.63, 3.8) is 0 Å². The number of alkyl halides is 1. The van der Waals surface area contributed by atoms with E-state index in [9.17, 15) is 24.0 Å². The number of amides is 3. The van der Waals surface area contributed by atoms with Crippen LogP contribution >= 0.6 is 33.9 Å². The first-order valence-corrected chi connectivity index (χ1v) is 15.6. The number of hydrogen-bond acceptors (Lipinski definition) is 11. The average molecular weight is 733 g/mol. The number of ether oxygens (including phenoxy) is 4. The van der Waals surface area contributed by atoms with Gasteiger partial charge >= 0.3 is 6.16 Å². The maximum Gasteiger partial charge on any atom is 0.509 e. The van der Waals surface area contributed by atoms with Gasteiger partial charge in [0, 0.05) is 18.6 Å². The number of rotatable bonds is 17. The largest absolute Gasteiger partial charge is 0.509 e. The molecule has 2 aromatic rings. The number of nitrogens with zero attached hydrogens (tertiary/aromatic N) is 1. The average Bonchev–Trinajstić information content (AvgIpc) is 3.42. The molecule has 4 atom stereocenters. The molecule has 0 fully saturated rings. The lowest BCUT2D eigenvalue weighted by atomic mass is 9.92. The van der Waals surface area contributed by atoms with Crippen LogP contribution in [0.25, 0.3) is 0 Å². The van der Waals surface area contributed by atoms with Crippen molar-refractivity contribution in [2.75, 3.05) is 38.5 Å². The molecule has 0 aliphatic heterocycles. The maximum atomic E-state index is 13.8. The molecular weight excluding hydrogens is 695 g/mol. The van der Waals surface area contributed by atoms with Gasteiger partial charge in [-0.25, -0.2) is 9.78 Å². The number of Topliss-reactive ketones (excluding diaryl/α,β-unsaturated/α-hetero) is 1. The van der Waals surface area contributed by atoms with E-state index in [-0.39, 0.29) is 30.7 Å². The molecule has 1 aromatic carbocycles. The van der Waals surface area contributed by atoms with Crippen LogP contribution in [-0.2, 0) is 39.8 Å². The van der Waals surface area contributed by atoms with Crippen molar-refractivity contribution in [2.45, 2.75) is 50.9 Å². The summed E-state index contributed by atoms with van der Waals surface area (Å²) in [5.41, 5.74) is -0.885. The quantitative estimate of drug-likeness (QED) is 0.124. The second-order valence-electron chi connectivity index (χ2n) is 9.51. The zero-order chi connectivity index (χ0) is 32.0. The molecule has 0 aliphatic rings. The molecule has 0 saturated carbocycles. The molecule has 13 nitrogen and oxygen atoms in total. The van der Waals surface area contributed by atoms with Gasteiger partial charge in [-0.2, -0.15) is 0 Å². The van der Waals surface area contributed by atoms with E-state index in [4.69, 9.17) is 18.9 Å². The van der Waals surface area contributed by atoms with Crippen LogP contribution in [0.15, 0.2) is 36.5 Å². The number of carbonyl (C=O) groups excluding carboxylic acids is 5. The summed E-state index contributed by atoms with van der Waals surface area (Å²) in [6.45, 7) is 4.44. The summed E-state index contributed by atoms with van der Waals surface area (Å²) < 4.78 is 20.6. The van der Waals surface area contributed by atoms with E-state index in [1.807, 2.05) is 28.7 Å². The number of ketones is 1. The number of benzene rings is 1. The van der Waals surface area contributed by atoms with E-state index in [2.05, 4.69) is 20.9 Å². The van der Waals surface area contributed by atoms with E-state index in [0.717, 1.165) is 16.9 Å². The topological polar surface area (TPSA) is 171 Å². The minimum absolute atomic E-state index is 0.0568. The Labute approximate surface area is 267 Å². The first-order valence-electron chi connectivity index (χ1n) is 13.3. The molecule has 2 rings (SSSR count). The summed E-state index contributed by atoms with van der Waals surface area (Å²) in [6.07, 6.45) is 0.467. The summed E-state index contributed by atoms with van der Waals surface area (Å²) >= 11 is 3.08. The van der Waals surface area contributed by atoms with Crippen molar-refractivity contribution in [3.8, 4) is 0 Å². The van der Waals surface area contributed by atoms with E-state index < -0.39 is 53.4 Å². The Morgan fingerprint density at radius 1 is 0.953 bits per heavy atom. The van der Waals surface area contributed by atoms with Crippen molar-refractivity contribution >= 4 is 63.6 Å². The Kier molecular flexibility index (Phi) is 15.0. The molecule has 0 aliphatic carbocycles. The van der Waals surface area contributed by atoms with Crippen LogP contribution in [0.1, 0.15) is 34.1 Å². The van der Waals surface area contributed by atoms with E-state index >= 15 is 0 Å². The number of carbonyl (C=O) groups is 5. The SMILES string of the molecule is CCOC(=O)OC(C)(CI)C(=O)C(Cc1ccccc1)NC(=O)[C@H](COC)NC(=O)[C@H](COC)NC(=O)c1cnc(C)s1. The van der Waals surface area contributed by atoms with Crippen molar-refractivity contribution in [3.05, 3.63) is 52.0 Å². The predicted molar refractivity (Wildman–Crippen MR) is 166 cm³/mol. The van der Waals surface area contributed by atoms with Crippen LogP contribution in [0.2, 0.25) is 0 Å². The van der Waals surface area contributed by atoms with Crippen molar-refractivity contribution in [2.24, 2.45) is 0 Å². The zero-order valence-corrected chi connectivity index (χ0v) is 27.6. The molecule has 0 saturated heterocycles. The minimum Gasteiger partial charge on any atom is -0.435 e. The lowest BCUT2D eigenvalue weighted by Gasteiger charge is -2.31. The number of aromatic nitrogens is 1. The highest BCUT2D eigenvalue weighted by molar-refractivity contribution is 14.1. The molecule has 1 aromatic heterocycles. The smallest absolute Gasteiger partial charge is 0.435 e. The molecule has 236 valence electrons. The summed E-state index contributed by atoms with van der Waals surface area (Å²) in [5.74, 6) is -2.53. The maximum absolute atomic E-state index is 13.8. The Morgan fingerprint density at radius 2 is 1.53 bits per heavy atom. The number of thiazole rings is 1. The van der Waals surface area contributed by atoms with Gasteiger partial charge < -0.3 is 34.9 Å². The molecule has 15 heteroatoms. The molecule has 2 unspecified atom stereocenters. The third-order valence-corrected chi connectivity index (χ3v) is 8.40. The first kappa shape index (κ1) is 36.0. The lowest BCUT2D eigenvalue weighted by molar-refractivity contribution is -0.141. The van der Waals surface area contributed by atoms with Crippen LogP contribution in [0.3, 0.4) is 0 Å². The fourth-order valence-electron chi connectivity index (χ4n) is 3.84. The minimum atomic E-state index is -1.62. The molecule has 43 heavy (non-hydrogen) atoms. The van der Waals surface area contributed by atoms with E-state index in [0.29, 0.717) is 9.88 Å². The fourth-order valence-corrected chi connectivity index (χ4v) is 5.05. The lowest BCUT2D eigenvalue weighted by Crippen LogP contribution is -2.60. The van der Waals surface area contributed by atoms with Crippen LogP contribution in [0.4, 0.5) is 4.79 Å². The fraction of sp³-hybridized carbons (Fsp3) is 0.500. The van der Waals surface area contributed by atoms with Crippen molar-refractivity contribution < 1.29 is 42.9 Å². The van der Waals surface area contributed by atoms with Crippen LogP contribution in [0, 0.1) is 6.92 Å². The number of halogens is 1. The third kappa shape index (κ3) is 11.1. The van der Waals surface area contributed by atoms with Crippen molar-refractivity contribution in [1.29, 1.82) is 0 Å². The molecule has 1 heterocycles. The van der Waals surface area contributed by atoms with Gasteiger partial charge in [0.2, 0.25) is 11.8 Å². The number of aryl methyl sites for hydroxylation is 1. The molecule has 0 radical (unpaired) electrons. The predicted octanol–water partition coefficient (Wildman–Crippen LogP) is 1.99. The molecule has 3 amide bonds.